The molecule has 3 nitrogen and oxygen atoms in total. The van der Waals surface area contributed by atoms with Crippen molar-refractivity contribution in [2.75, 3.05) is 0 Å². The Hall–Kier alpha value is -0.830. The number of hydrogen-bond donors (Lipinski definition) is 2. The lowest BCUT2D eigenvalue weighted by atomic mass is 9.88. The van der Waals surface area contributed by atoms with Gasteiger partial charge in [-0.2, -0.15) is 0 Å². The summed E-state index contributed by atoms with van der Waals surface area (Å²) in [5, 5.41) is 0. The van der Waals surface area contributed by atoms with Gasteiger partial charge in [-0.15, -0.1) is 0 Å². The molecule has 0 saturated carbocycles. The average Bonchev–Trinajstić information content (AvgIpc) is 2.46. The smallest absolute Gasteiger partial charge is 0.0925 e. The number of hydrogen-bond acceptors (Lipinski definition) is 2. The molecule has 1 heterocycles. The van der Waals surface area contributed by atoms with Crippen molar-refractivity contribution < 1.29 is 0 Å². The van der Waals surface area contributed by atoms with E-state index in [9.17, 15) is 0 Å². The maximum absolute atomic E-state index is 6.06. The molecule has 1 rings (SSSR count). The van der Waals surface area contributed by atoms with E-state index in [4.69, 9.17) is 5.73 Å². The van der Waals surface area contributed by atoms with Crippen LogP contribution in [0.2, 0.25) is 0 Å². The van der Waals surface area contributed by atoms with E-state index < -0.39 is 0 Å². The van der Waals surface area contributed by atoms with Crippen LogP contribution in [-0.4, -0.2) is 9.97 Å². The fourth-order valence-corrected chi connectivity index (χ4v) is 1.47. The summed E-state index contributed by atoms with van der Waals surface area (Å²) in [4.78, 5) is 7.29. The van der Waals surface area contributed by atoms with Gasteiger partial charge >= 0.3 is 0 Å². The molecule has 0 aliphatic heterocycles. The number of aromatic nitrogens is 2. The summed E-state index contributed by atoms with van der Waals surface area (Å²) in [6.45, 7) is 8.71. The maximum atomic E-state index is 6.06. The van der Waals surface area contributed by atoms with Gasteiger partial charge in [-0.1, -0.05) is 20.8 Å². The molecule has 1 unspecified atom stereocenters. The van der Waals surface area contributed by atoms with Gasteiger partial charge in [0.2, 0.25) is 0 Å². The van der Waals surface area contributed by atoms with Gasteiger partial charge in [0, 0.05) is 11.7 Å². The number of imidazole rings is 1. The number of aromatic amines is 1. The lowest BCUT2D eigenvalue weighted by Crippen LogP contribution is -2.15. The van der Waals surface area contributed by atoms with E-state index in [1.54, 1.807) is 6.33 Å². The van der Waals surface area contributed by atoms with Crippen LogP contribution in [0.15, 0.2) is 6.33 Å². The summed E-state index contributed by atoms with van der Waals surface area (Å²) in [7, 11) is 0. The Morgan fingerprint density at radius 3 is 2.57 bits per heavy atom. The third-order valence-electron chi connectivity index (χ3n) is 2.43. The molecule has 3 N–H and O–H groups in total. The van der Waals surface area contributed by atoms with E-state index in [2.05, 4.69) is 30.7 Å². The largest absolute Gasteiger partial charge is 0.348 e. The van der Waals surface area contributed by atoms with Crippen LogP contribution in [0.1, 0.15) is 51.0 Å². The zero-order valence-electron chi connectivity index (χ0n) is 9.59. The zero-order valence-corrected chi connectivity index (χ0v) is 9.59. The molecule has 0 aliphatic carbocycles. The van der Waals surface area contributed by atoms with E-state index in [1.165, 1.54) is 0 Å². The van der Waals surface area contributed by atoms with Crippen LogP contribution in [0.25, 0.3) is 0 Å². The topological polar surface area (TPSA) is 54.7 Å². The molecule has 0 radical (unpaired) electrons. The Kier molecular flexibility index (Phi) is 3.32. The summed E-state index contributed by atoms with van der Waals surface area (Å²) in [5.74, 6) is 0. The van der Waals surface area contributed by atoms with Crippen LogP contribution in [0, 0.1) is 12.3 Å². The third-order valence-corrected chi connectivity index (χ3v) is 2.43. The number of aryl methyl sites for hydroxylation is 1. The molecule has 0 saturated heterocycles. The molecule has 0 aromatic carbocycles. The van der Waals surface area contributed by atoms with Gasteiger partial charge in [0.25, 0.3) is 0 Å². The maximum Gasteiger partial charge on any atom is 0.0925 e. The van der Waals surface area contributed by atoms with Crippen molar-refractivity contribution in [1.29, 1.82) is 0 Å². The highest BCUT2D eigenvalue weighted by atomic mass is 14.9. The summed E-state index contributed by atoms with van der Waals surface area (Å²) >= 11 is 0. The fourth-order valence-electron chi connectivity index (χ4n) is 1.47. The van der Waals surface area contributed by atoms with Gasteiger partial charge < -0.3 is 10.7 Å². The molecule has 1 aromatic rings. The first kappa shape index (κ1) is 11.2. The molecule has 0 amide bonds. The second kappa shape index (κ2) is 4.13. The van der Waals surface area contributed by atoms with Gasteiger partial charge in [-0.3, -0.25) is 0 Å². The van der Waals surface area contributed by atoms with Gasteiger partial charge in [-0.25, -0.2) is 4.98 Å². The molecule has 0 spiro atoms. The summed E-state index contributed by atoms with van der Waals surface area (Å²) in [6, 6.07) is 0.0699. The van der Waals surface area contributed by atoms with E-state index in [1.807, 2.05) is 6.92 Å². The Morgan fingerprint density at radius 1 is 1.50 bits per heavy atom. The molecule has 0 bridgehead atoms. The van der Waals surface area contributed by atoms with Crippen molar-refractivity contribution >= 4 is 0 Å². The number of nitrogens with zero attached hydrogens (tertiary/aromatic N) is 1. The second-order valence-corrected chi connectivity index (χ2v) is 5.12. The van der Waals surface area contributed by atoms with Crippen LogP contribution in [0.4, 0.5) is 0 Å². The SMILES string of the molecule is Cc1[nH]cnc1C(N)CCC(C)(C)C. The molecule has 1 aromatic heterocycles. The Balaban J connectivity index is 2.51. The van der Waals surface area contributed by atoms with Crippen molar-refractivity contribution in [3.05, 3.63) is 17.7 Å². The van der Waals surface area contributed by atoms with Crippen molar-refractivity contribution in [1.82, 2.24) is 9.97 Å². The normalized spacial score (nSPS) is 14.4. The number of H-pyrrole nitrogens is 1. The predicted molar refractivity (Wildman–Crippen MR) is 58.9 cm³/mol. The van der Waals surface area contributed by atoms with Crippen LogP contribution in [0.3, 0.4) is 0 Å². The molecule has 80 valence electrons. The Morgan fingerprint density at radius 2 is 2.14 bits per heavy atom. The Bertz CT molecular complexity index is 283. The molecule has 1 atom stereocenters. The lowest BCUT2D eigenvalue weighted by Gasteiger charge is -2.20. The highest BCUT2D eigenvalue weighted by Gasteiger charge is 2.16. The van der Waals surface area contributed by atoms with Crippen molar-refractivity contribution in [2.24, 2.45) is 11.1 Å². The van der Waals surface area contributed by atoms with Crippen LogP contribution < -0.4 is 5.73 Å². The van der Waals surface area contributed by atoms with Crippen LogP contribution in [-0.2, 0) is 0 Å². The molecular weight excluding hydrogens is 174 g/mol. The lowest BCUT2D eigenvalue weighted by molar-refractivity contribution is 0.348. The van der Waals surface area contributed by atoms with Crippen molar-refractivity contribution in [3.8, 4) is 0 Å². The van der Waals surface area contributed by atoms with Gasteiger partial charge in [0.05, 0.1) is 12.0 Å². The second-order valence-electron chi connectivity index (χ2n) is 5.12. The predicted octanol–water partition coefficient (Wildman–Crippen LogP) is 2.54. The molecule has 0 aliphatic rings. The summed E-state index contributed by atoms with van der Waals surface area (Å²) < 4.78 is 0. The highest BCUT2D eigenvalue weighted by molar-refractivity contribution is 5.12. The zero-order chi connectivity index (χ0) is 10.8. The van der Waals surface area contributed by atoms with Crippen molar-refractivity contribution in [2.45, 2.75) is 46.6 Å². The monoisotopic (exact) mass is 195 g/mol. The number of rotatable bonds is 3. The summed E-state index contributed by atoms with van der Waals surface area (Å²) in [6.07, 6.45) is 3.83. The van der Waals surface area contributed by atoms with Crippen molar-refractivity contribution in [3.63, 3.8) is 0 Å². The Labute approximate surface area is 86.1 Å². The minimum atomic E-state index is 0.0699. The molecule has 14 heavy (non-hydrogen) atoms. The van der Waals surface area contributed by atoms with Gasteiger partial charge in [-0.05, 0) is 25.2 Å². The molecular formula is C11H21N3. The van der Waals surface area contributed by atoms with Crippen LogP contribution >= 0.6 is 0 Å². The molecule has 0 fully saturated rings. The minimum absolute atomic E-state index is 0.0699. The van der Waals surface area contributed by atoms with Gasteiger partial charge in [0.15, 0.2) is 0 Å². The van der Waals surface area contributed by atoms with Gasteiger partial charge in [0.1, 0.15) is 0 Å². The first-order valence-electron chi connectivity index (χ1n) is 5.15. The first-order chi connectivity index (χ1) is 6.40. The standard InChI is InChI=1S/C11H21N3/c1-8-10(14-7-13-8)9(12)5-6-11(2,3)4/h7,9H,5-6,12H2,1-4H3,(H,13,14). The van der Waals surface area contributed by atoms with Crippen LogP contribution in [0.5, 0.6) is 0 Å². The number of nitrogens with two attached hydrogens (primary N) is 1. The van der Waals surface area contributed by atoms with E-state index >= 15 is 0 Å². The van der Waals surface area contributed by atoms with E-state index in [-0.39, 0.29) is 6.04 Å². The minimum Gasteiger partial charge on any atom is -0.348 e. The first-order valence-corrected chi connectivity index (χ1v) is 5.15. The third kappa shape index (κ3) is 3.14. The van der Waals surface area contributed by atoms with E-state index in [0.717, 1.165) is 24.2 Å². The quantitative estimate of drug-likeness (QED) is 0.778. The summed E-state index contributed by atoms with van der Waals surface area (Å²) in [5.41, 5.74) is 8.51. The van der Waals surface area contributed by atoms with E-state index in [0.29, 0.717) is 5.41 Å². The molecule has 3 heteroatoms. The number of nitrogens with one attached hydrogen (secondary N) is 1. The fraction of sp³-hybridized carbons (Fsp3) is 0.727. The average molecular weight is 195 g/mol. The highest BCUT2D eigenvalue weighted by Crippen LogP contribution is 2.25.